The minimum atomic E-state index is 0.168. The minimum Gasteiger partial charge on any atom is -0.342 e. The number of nitrogens with one attached hydrogen (secondary N) is 1. The second-order valence-corrected chi connectivity index (χ2v) is 2.36. The lowest BCUT2D eigenvalue weighted by atomic mass is 10.2. The number of amides is 1. The second-order valence-electron chi connectivity index (χ2n) is 2.36. The highest BCUT2D eigenvalue weighted by molar-refractivity contribution is 5.50. The fraction of sp³-hybridized carbons (Fsp3) is 0.833. The van der Waals surface area contributed by atoms with E-state index in [-0.39, 0.29) is 5.54 Å². The van der Waals surface area contributed by atoms with E-state index in [0.717, 1.165) is 19.3 Å². The molecule has 1 saturated carbocycles. The van der Waals surface area contributed by atoms with Crippen molar-refractivity contribution in [2.75, 3.05) is 0 Å². The first kappa shape index (κ1) is 5.60. The standard InChI is InChI=1S/C6H10NO/c1-2-6(3-4-6)7-5-8/h2-4H2,1H3,(H,7,8). The van der Waals surface area contributed by atoms with Gasteiger partial charge in [-0.1, -0.05) is 6.92 Å². The Bertz CT molecular complexity index is 96.7. The summed E-state index contributed by atoms with van der Waals surface area (Å²) in [6, 6.07) is 0. The largest absolute Gasteiger partial charge is 0.342 e. The Balaban J connectivity index is 2.29. The molecule has 0 aliphatic heterocycles. The van der Waals surface area contributed by atoms with Gasteiger partial charge in [0.1, 0.15) is 0 Å². The van der Waals surface area contributed by atoms with Crippen LogP contribution in [-0.2, 0) is 4.79 Å². The number of rotatable bonds is 3. The summed E-state index contributed by atoms with van der Waals surface area (Å²) in [5, 5.41) is 2.68. The van der Waals surface area contributed by atoms with Gasteiger partial charge >= 0.3 is 6.41 Å². The highest BCUT2D eigenvalue weighted by Crippen LogP contribution is 2.37. The zero-order chi connectivity index (χ0) is 6.04. The van der Waals surface area contributed by atoms with Crippen molar-refractivity contribution in [2.24, 2.45) is 0 Å². The first-order chi connectivity index (χ1) is 3.83. The molecule has 1 aliphatic carbocycles. The van der Waals surface area contributed by atoms with Gasteiger partial charge in [0.25, 0.3) is 0 Å². The summed E-state index contributed by atoms with van der Waals surface area (Å²) in [7, 11) is 0. The van der Waals surface area contributed by atoms with Gasteiger partial charge in [0.2, 0.25) is 0 Å². The zero-order valence-electron chi connectivity index (χ0n) is 5.03. The second kappa shape index (κ2) is 1.77. The Morgan fingerprint density at radius 3 is 2.50 bits per heavy atom. The van der Waals surface area contributed by atoms with E-state index in [1.54, 1.807) is 6.41 Å². The van der Waals surface area contributed by atoms with Crippen molar-refractivity contribution in [3.63, 3.8) is 0 Å². The van der Waals surface area contributed by atoms with E-state index in [9.17, 15) is 4.79 Å². The van der Waals surface area contributed by atoms with Gasteiger partial charge in [-0.3, -0.25) is 4.79 Å². The third-order valence-corrected chi connectivity index (χ3v) is 1.85. The normalized spacial score (nSPS) is 22.1. The summed E-state index contributed by atoms with van der Waals surface area (Å²) in [5.74, 6) is 0. The molecule has 2 nitrogen and oxygen atoms in total. The molecular formula is C6H10NO. The van der Waals surface area contributed by atoms with Gasteiger partial charge in [0.15, 0.2) is 0 Å². The molecule has 0 aromatic carbocycles. The lowest BCUT2D eigenvalue weighted by Crippen LogP contribution is -2.28. The van der Waals surface area contributed by atoms with E-state index >= 15 is 0 Å². The molecule has 1 amide bonds. The van der Waals surface area contributed by atoms with Crippen LogP contribution in [0.3, 0.4) is 0 Å². The molecule has 0 aromatic heterocycles. The predicted molar refractivity (Wildman–Crippen MR) is 31.1 cm³/mol. The van der Waals surface area contributed by atoms with Crippen molar-refractivity contribution >= 4 is 6.41 Å². The molecule has 1 rings (SSSR count). The highest BCUT2D eigenvalue weighted by atomic mass is 16.1. The van der Waals surface area contributed by atoms with Crippen LogP contribution in [0.15, 0.2) is 0 Å². The van der Waals surface area contributed by atoms with Gasteiger partial charge in [-0.15, -0.1) is 0 Å². The van der Waals surface area contributed by atoms with E-state index in [1.807, 2.05) is 0 Å². The summed E-state index contributed by atoms with van der Waals surface area (Å²) in [6.45, 7) is 2.08. The molecule has 0 bridgehead atoms. The topological polar surface area (TPSA) is 29.1 Å². The predicted octanol–water partition coefficient (Wildman–Crippen LogP) is 0.586. The number of hydrogen-bond donors (Lipinski definition) is 1. The van der Waals surface area contributed by atoms with Crippen molar-refractivity contribution in [3.05, 3.63) is 0 Å². The summed E-state index contributed by atoms with van der Waals surface area (Å²) in [6.07, 6.45) is 5.04. The molecule has 45 valence electrons. The summed E-state index contributed by atoms with van der Waals surface area (Å²) < 4.78 is 0. The SMILES string of the molecule is CCC1(N[C]=O)CC1. The molecule has 8 heavy (non-hydrogen) atoms. The average molecular weight is 112 g/mol. The Morgan fingerprint density at radius 1 is 1.75 bits per heavy atom. The molecule has 2 heteroatoms. The molecule has 0 atom stereocenters. The summed E-state index contributed by atoms with van der Waals surface area (Å²) in [4.78, 5) is 9.78. The van der Waals surface area contributed by atoms with Gasteiger partial charge < -0.3 is 5.32 Å². The molecule has 0 unspecified atom stereocenters. The highest BCUT2D eigenvalue weighted by Gasteiger charge is 2.40. The van der Waals surface area contributed by atoms with Gasteiger partial charge in [-0.2, -0.15) is 0 Å². The fourth-order valence-electron chi connectivity index (χ4n) is 0.826. The average Bonchev–Trinajstić information content (AvgIpc) is 2.50. The van der Waals surface area contributed by atoms with E-state index in [4.69, 9.17) is 0 Å². The molecular weight excluding hydrogens is 102 g/mol. The van der Waals surface area contributed by atoms with Crippen molar-refractivity contribution in [2.45, 2.75) is 31.7 Å². The molecule has 0 aromatic rings. The van der Waals surface area contributed by atoms with Crippen LogP contribution in [0.2, 0.25) is 0 Å². The van der Waals surface area contributed by atoms with E-state index in [2.05, 4.69) is 12.2 Å². The maximum atomic E-state index is 9.78. The van der Waals surface area contributed by atoms with Crippen molar-refractivity contribution in [3.8, 4) is 0 Å². The Labute approximate surface area is 49.3 Å². The zero-order valence-corrected chi connectivity index (χ0v) is 5.03. The monoisotopic (exact) mass is 112 g/mol. The third-order valence-electron chi connectivity index (χ3n) is 1.85. The minimum absolute atomic E-state index is 0.168. The smallest absolute Gasteiger partial charge is 0.309 e. The Morgan fingerprint density at radius 2 is 2.38 bits per heavy atom. The maximum absolute atomic E-state index is 9.78. The quantitative estimate of drug-likeness (QED) is 0.532. The van der Waals surface area contributed by atoms with E-state index in [0.29, 0.717) is 0 Å². The molecule has 1 N–H and O–H groups in total. The van der Waals surface area contributed by atoms with Crippen LogP contribution in [0.4, 0.5) is 0 Å². The maximum Gasteiger partial charge on any atom is 0.309 e. The van der Waals surface area contributed by atoms with Crippen molar-refractivity contribution in [1.29, 1.82) is 0 Å². The van der Waals surface area contributed by atoms with Gasteiger partial charge in [0.05, 0.1) is 0 Å². The van der Waals surface area contributed by atoms with Gasteiger partial charge in [-0.25, -0.2) is 0 Å². The van der Waals surface area contributed by atoms with Gasteiger partial charge in [0, 0.05) is 5.54 Å². The Hall–Kier alpha value is -0.530. The summed E-state index contributed by atoms with van der Waals surface area (Å²) >= 11 is 0. The Kier molecular flexibility index (Phi) is 1.24. The van der Waals surface area contributed by atoms with Crippen LogP contribution in [0.5, 0.6) is 0 Å². The molecule has 0 heterocycles. The van der Waals surface area contributed by atoms with Crippen LogP contribution in [-0.4, -0.2) is 11.9 Å². The first-order valence-electron chi connectivity index (χ1n) is 2.97. The first-order valence-corrected chi connectivity index (χ1v) is 2.97. The third kappa shape index (κ3) is 0.831. The number of carbonyl (C=O) groups excluding carboxylic acids is 1. The molecule has 1 radical (unpaired) electrons. The molecule has 0 spiro atoms. The van der Waals surface area contributed by atoms with Crippen LogP contribution in [0, 0.1) is 0 Å². The van der Waals surface area contributed by atoms with Crippen molar-refractivity contribution < 1.29 is 4.79 Å². The summed E-state index contributed by atoms with van der Waals surface area (Å²) in [5.41, 5.74) is 0.168. The number of hydrogen-bond acceptors (Lipinski definition) is 1. The lowest BCUT2D eigenvalue weighted by molar-refractivity contribution is 0.503. The van der Waals surface area contributed by atoms with Crippen molar-refractivity contribution in [1.82, 2.24) is 5.32 Å². The van der Waals surface area contributed by atoms with Crippen LogP contribution >= 0.6 is 0 Å². The van der Waals surface area contributed by atoms with E-state index in [1.165, 1.54) is 0 Å². The van der Waals surface area contributed by atoms with E-state index < -0.39 is 0 Å². The molecule has 0 saturated heterocycles. The molecule has 1 aliphatic rings. The van der Waals surface area contributed by atoms with Crippen LogP contribution in [0.25, 0.3) is 0 Å². The van der Waals surface area contributed by atoms with Gasteiger partial charge in [-0.05, 0) is 19.3 Å². The molecule has 1 fully saturated rings. The lowest BCUT2D eigenvalue weighted by Gasteiger charge is -2.07. The van der Waals surface area contributed by atoms with Crippen LogP contribution in [0.1, 0.15) is 26.2 Å². The van der Waals surface area contributed by atoms with Crippen LogP contribution < -0.4 is 5.32 Å². The fourth-order valence-corrected chi connectivity index (χ4v) is 0.826.